The van der Waals surface area contributed by atoms with Crippen LogP contribution in [-0.4, -0.2) is 40.3 Å². The summed E-state index contributed by atoms with van der Waals surface area (Å²) in [5.74, 6) is -0.642. The van der Waals surface area contributed by atoms with Crippen molar-refractivity contribution < 1.29 is 14.6 Å². The fraction of sp³-hybridized carbons (Fsp3) is 0.316. The molecule has 0 spiro atoms. The van der Waals surface area contributed by atoms with Crippen LogP contribution in [0.4, 0.5) is 17.1 Å². The molecule has 28 heavy (non-hydrogen) atoms. The number of nitro groups is 2. The Morgan fingerprint density at radius 2 is 1.54 bits per heavy atom. The molecule has 1 aliphatic heterocycles. The molecule has 0 unspecified atom stereocenters. The second-order valence-corrected chi connectivity index (χ2v) is 6.70. The number of amides is 1. The van der Waals surface area contributed by atoms with E-state index < -0.39 is 27.1 Å². The number of benzene rings is 2. The first-order chi connectivity index (χ1) is 13.4. The van der Waals surface area contributed by atoms with Crippen molar-refractivity contribution >= 4 is 23.0 Å². The van der Waals surface area contributed by atoms with Crippen LogP contribution in [0.25, 0.3) is 0 Å². The van der Waals surface area contributed by atoms with Gasteiger partial charge < -0.3 is 10.2 Å². The first kappa shape index (κ1) is 19.4. The molecule has 0 radical (unpaired) electrons. The zero-order valence-electron chi connectivity index (χ0n) is 15.2. The van der Waals surface area contributed by atoms with Crippen molar-refractivity contribution in [3.8, 4) is 0 Å². The monoisotopic (exact) mass is 384 g/mol. The van der Waals surface area contributed by atoms with Gasteiger partial charge in [-0.15, -0.1) is 0 Å². The van der Waals surface area contributed by atoms with Gasteiger partial charge in [-0.1, -0.05) is 12.1 Å². The van der Waals surface area contributed by atoms with Crippen LogP contribution in [0.1, 0.15) is 28.8 Å². The zero-order chi connectivity index (χ0) is 20.1. The first-order valence-corrected chi connectivity index (χ1v) is 8.99. The van der Waals surface area contributed by atoms with Gasteiger partial charge in [-0.05, 0) is 50.0 Å². The lowest BCUT2D eigenvalue weighted by Gasteiger charge is -2.14. The molecule has 2 aromatic rings. The number of non-ortho nitro benzene ring substituents is 2. The van der Waals surface area contributed by atoms with E-state index >= 15 is 0 Å². The minimum absolute atomic E-state index is 0.140. The minimum atomic E-state index is -0.765. The molecular formula is C19H20N4O5. The van der Waals surface area contributed by atoms with E-state index in [1.807, 2.05) is 12.1 Å². The average Bonchev–Trinajstić information content (AvgIpc) is 3.20. The molecule has 0 aliphatic carbocycles. The Morgan fingerprint density at radius 3 is 2.07 bits per heavy atom. The number of carbonyl (C=O) groups is 1. The van der Waals surface area contributed by atoms with Crippen LogP contribution in [0, 0.1) is 20.2 Å². The highest BCUT2D eigenvalue weighted by molar-refractivity contribution is 6.05. The molecule has 9 nitrogen and oxygen atoms in total. The number of carbonyl (C=O) groups excluding carboxylic acids is 1. The predicted molar refractivity (Wildman–Crippen MR) is 104 cm³/mol. The lowest BCUT2D eigenvalue weighted by Crippen LogP contribution is -2.21. The van der Waals surface area contributed by atoms with Crippen LogP contribution in [0.5, 0.6) is 0 Å². The van der Waals surface area contributed by atoms with Crippen LogP contribution in [0.3, 0.4) is 0 Å². The Hall–Kier alpha value is -3.33. The van der Waals surface area contributed by atoms with Crippen LogP contribution < -0.4 is 5.32 Å². The normalized spacial score (nSPS) is 14.0. The van der Waals surface area contributed by atoms with Crippen LogP contribution >= 0.6 is 0 Å². The highest BCUT2D eigenvalue weighted by Gasteiger charge is 2.20. The van der Waals surface area contributed by atoms with Crippen molar-refractivity contribution in [1.82, 2.24) is 4.90 Å². The van der Waals surface area contributed by atoms with Crippen LogP contribution in [-0.2, 0) is 6.42 Å². The molecule has 9 heteroatoms. The topological polar surface area (TPSA) is 119 Å². The lowest BCUT2D eigenvalue weighted by atomic mass is 10.1. The summed E-state index contributed by atoms with van der Waals surface area (Å²) in [7, 11) is 0. The molecule has 1 aliphatic rings. The van der Waals surface area contributed by atoms with Gasteiger partial charge in [-0.25, -0.2) is 0 Å². The van der Waals surface area contributed by atoms with E-state index in [1.54, 1.807) is 12.1 Å². The number of hydrogen-bond acceptors (Lipinski definition) is 6. The summed E-state index contributed by atoms with van der Waals surface area (Å²) in [5, 5.41) is 24.5. The molecular weight excluding hydrogens is 364 g/mol. The molecule has 3 rings (SSSR count). The third-order valence-electron chi connectivity index (χ3n) is 4.71. The van der Waals surface area contributed by atoms with Gasteiger partial charge in [0.2, 0.25) is 0 Å². The molecule has 2 aromatic carbocycles. The van der Waals surface area contributed by atoms with E-state index in [0.717, 1.165) is 49.8 Å². The molecule has 1 N–H and O–H groups in total. The fourth-order valence-electron chi connectivity index (χ4n) is 3.19. The molecule has 0 bridgehead atoms. The number of nitrogens with zero attached hydrogens (tertiary/aromatic N) is 3. The van der Waals surface area contributed by atoms with E-state index in [1.165, 1.54) is 12.8 Å². The highest BCUT2D eigenvalue weighted by Crippen LogP contribution is 2.23. The van der Waals surface area contributed by atoms with Gasteiger partial charge in [0.25, 0.3) is 17.3 Å². The Labute approximate surface area is 161 Å². The van der Waals surface area contributed by atoms with Crippen molar-refractivity contribution in [2.24, 2.45) is 0 Å². The second kappa shape index (κ2) is 8.57. The SMILES string of the molecule is O=C(Nc1ccc(CCN2CCCC2)cc1)c1cc([N+](=O)[O-])cc([N+](=O)[O-])c1. The number of anilines is 1. The maximum absolute atomic E-state index is 12.4. The van der Waals surface area contributed by atoms with Gasteiger partial charge in [0.15, 0.2) is 0 Å². The fourth-order valence-corrected chi connectivity index (χ4v) is 3.19. The van der Waals surface area contributed by atoms with Crippen molar-refractivity contribution in [1.29, 1.82) is 0 Å². The highest BCUT2D eigenvalue weighted by atomic mass is 16.6. The summed E-state index contributed by atoms with van der Waals surface area (Å²) in [6.07, 6.45) is 3.42. The molecule has 0 atom stereocenters. The van der Waals surface area contributed by atoms with Crippen molar-refractivity contribution in [2.75, 3.05) is 25.0 Å². The Bertz CT molecular complexity index is 859. The maximum atomic E-state index is 12.4. The van der Waals surface area contributed by atoms with Gasteiger partial charge in [-0.2, -0.15) is 0 Å². The second-order valence-electron chi connectivity index (χ2n) is 6.70. The molecule has 146 valence electrons. The van der Waals surface area contributed by atoms with E-state index in [-0.39, 0.29) is 5.56 Å². The van der Waals surface area contributed by atoms with Gasteiger partial charge >= 0.3 is 0 Å². The number of hydrogen-bond donors (Lipinski definition) is 1. The Balaban J connectivity index is 1.67. The summed E-state index contributed by atoms with van der Waals surface area (Å²) in [6.45, 7) is 3.29. The van der Waals surface area contributed by atoms with E-state index in [4.69, 9.17) is 0 Å². The zero-order valence-corrected chi connectivity index (χ0v) is 15.2. The van der Waals surface area contributed by atoms with E-state index in [9.17, 15) is 25.0 Å². The third kappa shape index (κ3) is 4.89. The molecule has 0 saturated carbocycles. The summed E-state index contributed by atoms with van der Waals surface area (Å²) in [4.78, 5) is 35.2. The maximum Gasteiger partial charge on any atom is 0.277 e. The standard InChI is InChI=1S/C19H20N4O5/c24-19(15-11-17(22(25)26)13-18(12-15)23(27)28)20-16-5-3-14(4-6-16)7-10-21-8-1-2-9-21/h3-6,11-13H,1-2,7-10H2,(H,20,24). The summed E-state index contributed by atoms with van der Waals surface area (Å²) >= 11 is 0. The smallest absolute Gasteiger partial charge is 0.277 e. The van der Waals surface area contributed by atoms with E-state index in [2.05, 4.69) is 10.2 Å². The van der Waals surface area contributed by atoms with Gasteiger partial charge in [0.1, 0.15) is 0 Å². The third-order valence-corrected chi connectivity index (χ3v) is 4.71. The van der Waals surface area contributed by atoms with Crippen molar-refractivity contribution in [3.05, 3.63) is 73.8 Å². The van der Waals surface area contributed by atoms with Crippen LogP contribution in [0.15, 0.2) is 42.5 Å². The molecule has 1 saturated heterocycles. The van der Waals surface area contributed by atoms with Gasteiger partial charge in [0.05, 0.1) is 21.5 Å². The Morgan fingerprint density at radius 1 is 0.964 bits per heavy atom. The summed E-state index contributed by atoms with van der Waals surface area (Å²) in [6, 6.07) is 10.2. The molecule has 1 fully saturated rings. The largest absolute Gasteiger partial charge is 0.322 e. The van der Waals surface area contributed by atoms with Crippen LogP contribution in [0.2, 0.25) is 0 Å². The van der Waals surface area contributed by atoms with Crippen molar-refractivity contribution in [2.45, 2.75) is 19.3 Å². The summed E-state index contributed by atoms with van der Waals surface area (Å²) in [5.41, 5.74) is 0.521. The van der Waals surface area contributed by atoms with Crippen molar-refractivity contribution in [3.63, 3.8) is 0 Å². The average molecular weight is 384 g/mol. The predicted octanol–water partition coefficient (Wildman–Crippen LogP) is 3.39. The molecule has 0 aromatic heterocycles. The van der Waals surface area contributed by atoms with Gasteiger partial charge in [0, 0.05) is 24.4 Å². The lowest BCUT2D eigenvalue weighted by molar-refractivity contribution is -0.394. The molecule has 1 heterocycles. The summed E-state index contributed by atoms with van der Waals surface area (Å²) < 4.78 is 0. The number of rotatable bonds is 7. The molecule has 1 amide bonds. The quantitative estimate of drug-likeness (QED) is 0.577. The number of likely N-dealkylation sites (tertiary alicyclic amines) is 1. The first-order valence-electron chi connectivity index (χ1n) is 8.99. The number of nitrogens with one attached hydrogen (secondary N) is 1. The number of nitro benzene ring substituents is 2. The van der Waals surface area contributed by atoms with Gasteiger partial charge in [-0.3, -0.25) is 25.0 Å². The van der Waals surface area contributed by atoms with E-state index in [0.29, 0.717) is 5.69 Å². The minimum Gasteiger partial charge on any atom is -0.322 e. The Kier molecular flexibility index (Phi) is 5.95.